The van der Waals surface area contributed by atoms with Gasteiger partial charge >= 0.3 is 17.7 Å². The first-order chi connectivity index (χ1) is 16.5. The van der Waals surface area contributed by atoms with Crippen LogP contribution in [0.3, 0.4) is 0 Å². The third-order valence-corrected chi connectivity index (χ3v) is 5.86. The molecule has 3 aromatic carbocycles. The number of amides is 1. The van der Waals surface area contributed by atoms with Crippen LogP contribution in [-0.2, 0) is 16.1 Å². The molecule has 0 saturated carbocycles. The number of benzene rings is 3. The minimum absolute atomic E-state index is 0.0919. The zero-order chi connectivity index (χ0) is 23.9. The second-order valence-corrected chi connectivity index (χ2v) is 8.54. The van der Waals surface area contributed by atoms with Crippen molar-refractivity contribution in [2.75, 3.05) is 12.0 Å². The molecule has 0 spiro atoms. The zero-order valence-electron chi connectivity index (χ0n) is 18.5. The Hall–Kier alpha value is -3.78. The van der Waals surface area contributed by atoms with Crippen LogP contribution in [0.4, 0.5) is 4.79 Å². The smallest absolute Gasteiger partial charge is 0.408 e. The van der Waals surface area contributed by atoms with Crippen molar-refractivity contribution in [3.63, 3.8) is 0 Å². The van der Waals surface area contributed by atoms with Crippen molar-refractivity contribution < 1.29 is 23.5 Å². The summed E-state index contributed by atoms with van der Waals surface area (Å²) in [5.74, 6) is 0.217. The minimum atomic E-state index is -0.893. The molecule has 1 aromatic heterocycles. The first-order valence-electron chi connectivity index (χ1n) is 10.7. The molecule has 8 heteroatoms. The maximum Gasteiger partial charge on any atom is 0.408 e. The quantitative estimate of drug-likeness (QED) is 0.167. The van der Waals surface area contributed by atoms with Gasteiger partial charge in [0.1, 0.15) is 24.0 Å². The highest BCUT2D eigenvalue weighted by Crippen LogP contribution is 2.26. The SMILES string of the molecule is CSCCC(NC(=O)OCc1ccccc1)C(=O)Oc1ccc2c(c1)oc(=O)c1ccccc12. The molecule has 1 heterocycles. The molecule has 0 aliphatic heterocycles. The molecule has 0 saturated heterocycles. The number of fused-ring (bicyclic) bond motifs is 3. The summed E-state index contributed by atoms with van der Waals surface area (Å²) in [4.78, 5) is 37.4. The van der Waals surface area contributed by atoms with E-state index < -0.39 is 23.7 Å². The Morgan fingerprint density at radius 1 is 0.971 bits per heavy atom. The molecule has 7 nitrogen and oxygen atoms in total. The van der Waals surface area contributed by atoms with E-state index in [1.54, 1.807) is 36.0 Å². The van der Waals surface area contributed by atoms with Gasteiger partial charge in [-0.25, -0.2) is 14.4 Å². The van der Waals surface area contributed by atoms with E-state index in [2.05, 4.69) is 5.32 Å². The van der Waals surface area contributed by atoms with Crippen LogP contribution in [0, 0.1) is 0 Å². The fraction of sp³-hybridized carbons (Fsp3) is 0.192. The predicted molar refractivity (Wildman–Crippen MR) is 132 cm³/mol. The van der Waals surface area contributed by atoms with E-state index in [9.17, 15) is 14.4 Å². The predicted octanol–water partition coefficient (Wildman–Crippen LogP) is 4.90. The number of alkyl carbamates (subject to hydrolysis) is 1. The lowest BCUT2D eigenvalue weighted by Crippen LogP contribution is -2.43. The van der Waals surface area contributed by atoms with Gasteiger partial charge in [-0.1, -0.05) is 48.5 Å². The highest BCUT2D eigenvalue weighted by Gasteiger charge is 2.24. The van der Waals surface area contributed by atoms with Crippen LogP contribution >= 0.6 is 11.8 Å². The minimum Gasteiger partial charge on any atom is -0.445 e. The van der Waals surface area contributed by atoms with Gasteiger partial charge in [0.25, 0.3) is 0 Å². The average molecular weight is 478 g/mol. The lowest BCUT2D eigenvalue weighted by molar-refractivity contribution is -0.136. The van der Waals surface area contributed by atoms with Crippen LogP contribution in [0.15, 0.2) is 82.0 Å². The monoisotopic (exact) mass is 477 g/mol. The lowest BCUT2D eigenvalue weighted by atomic mass is 10.1. The maximum atomic E-state index is 12.8. The van der Waals surface area contributed by atoms with Gasteiger partial charge in [0.05, 0.1) is 5.39 Å². The Morgan fingerprint density at radius 2 is 1.71 bits per heavy atom. The van der Waals surface area contributed by atoms with Crippen LogP contribution in [0.2, 0.25) is 0 Å². The third kappa shape index (κ3) is 5.58. The summed E-state index contributed by atoms with van der Waals surface area (Å²) >= 11 is 1.55. The highest BCUT2D eigenvalue weighted by molar-refractivity contribution is 7.98. The number of rotatable bonds is 8. The van der Waals surface area contributed by atoms with Gasteiger partial charge in [-0.05, 0) is 47.6 Å². The van der Waals surface area contributed by atoms with E-state index >= 15 is 0 Å². The summed E-state index contributed by atoms with van der Waals surface area (Å²) in [6.45, 7) is 0.0919. The molecule has 0 aliphatic carbocycles. The Labute approximate surface area is 200 Å². The molecule has 1 unspecified atom stereocenters. The van der Waals surface area contributed by atoms with Crippen molar-refractivity contribution in [2.24, 2.45) is 0 Å². The maximum absolute atomic E-state index is 12.8. The summed E-state index contributed by atoms with van der Waals surface area (Å²) in [6.07, 6.45) is 1.57. The first kappa shape index (κ1) is 23.4. The molecule has 4 rings (SSSR count). The zero-order valence-corrected chi connectivity index (χ0v) is 19.3. The number of carbonyl (C=O) groups is 2. The molecule has 1 atom stereocenters. The lowest BCUT2D eigenvalue weighted by Gasteiger charge is -2.17. The molecule has 1 amide bonds. The van der Waals surface area contributed by atoms with Crippen molar-refractivity contribution >= 4 is 45.6 Å². The second-order valence-electron chi connectivity index (χ2n) is 7.55. The fourth-order valence-corrected chi connectivity index (χ4v) is 3.97. The number of nitrogens with one attached hydrogen (secondary N) is 1. The second kappa shape index (κ2) is 10.9. The number of carbonyl (C=O) groups excluding carboxylic acids is 2. The summed E-state index contributed by atoms with van der Waals surface area (Å²) in [5, 5.41) is 4.56. The van der Waals surface area contributed by atoms with Crippen LogP contribution in [0.25, 0.3) is 21.7 Å². The van der Waals surface area contributed by atoms with E-state index in [1.807, 2.05) is 48.7 Å². The van der Waals surface area contributed by atoms with E-state index in [1.165, 1.54) is 6.07 Å². The number of thioether (sulfide) groups is 1. The molecule has 0 radical (unpaired) electrons. The molecule has 174 valence electrons. The molecule has 1 N–H and O–H groups in total. The van der Waals surface area contributed by atoms with Gasteiger partial charge in [-0.3, -0.25) is 0 Å². The highest BCUT2D eigenvalue weighted by atomic mass is 32.2. The number of ether oxygens (including phenoxy) is 2. The summed E-state index contributed by atoms with van der Waals surface area (Å²) in [7, 11) is 0. The van der Waals surface area contributed by atoms with E-state index in [0.29, 0.717) is 23.1 Å². The molecule has 0 bridgehead atoms. The van der Waals surface area contributed by atoms with Crippen molar-refractivity contribution in [3.8, 4) is 5.75 Å². The average Bonchev–Trinajstić information content (AvgIpc) is 2.86. The third-order valence-electron chi connectivity index (χ3n) is 5.21. The van der Waals surface area contributed by atoms with Crippen LogP contribution < -0.4 is 15.7 Å². The molecule has 34 heavy (non-hydrogen) atoms. The van der Waals surface area contributed by atoms with Gasteiger partial charge in [0.15, 0.2) is 0 Å². The number of hydrogen-bond acceptors (Lipinski definition) is 7. The van der Waals surface area contributed by atoms with Crippen molar-refractivity contribution in [1.82, 2.24) is 5.32 Å². The van der Waals surface area contributed by atoms with Crippen molar-refractivity contribution in [1.29, 1.82) is 0 Å². The van der Waals surface area contributed by atoms with E-state index in [0.717, 1.165) is 16.3 Å². The van der Waals surface area contributed by atoms with Gasteiger partial charge in [-0.2, -0.15) is 11.8 Å². The standard InChI is InChI=1S/C26H23NO6S/c1-34-14-13-22(27-26(30)31-16-17-7-3-2-4-8-17)25(29)32-18-11-12-20-19-9-5-6-10-21(19)24(28)33-23(20)15-18/h2-12,15,22H,13-14,16H2,1H3,(H,27,30). The summed E-state index contributed by atoms with van der Waals surface area (Å²) in [6, 6.07) is 20.4. The number of hydrogen-bond donors (Lipinski definition) is 1. The molecular weight excluding hydrogens is 454 g/mol. The molecular formula is C26H23NO6S. The molecule has 0 fully saturated rings. The molecule has 4 aromatic rings. The summed E-state index contributed by atoms with van der Waals surface area (Å²) in [5.41, 5.74) is 0.684. The first-order valence-corrected chi connectivity index (χ1v) is 12.1. The fourth-order valence-electron chi connectivity index (χ4n) is 3.50. The van der Waals surface area contributed by atoms with E-state index in [-0.39, 0.29) is 12.4 Å². The van der Waals surface area contributed by atoms with Gasteiger partial charge < -0.3 is 19.2 Å². The van der Waals surface area contributed by atoms with Gasteiger partial charge in [0.2, 0.25) is 0 Å². The topological polar surface area (TPSA) is 94.8 Å². The van der Waals surface area contributed by atoms with Crippen LogP contribution in [0.1, 0.15) is 12.0 Å². The van der Waals surface area contributed by atoms with Gasteiger partial charge in [0, 0.05) is 11.5 Å². The van der Waals surface area contributed by atoms with E-state index in [4.69, 9.17) is 13.9 Å². The Kier molecular flexibility index (Phi) is 7.49. The Bertz CT molecular complexity index is 1370. The normalized spacial score (nSPS) is 11.8. The van der Waals surface area contributed by atoms with Crippen molar-refractivity contribution in [3.05, 3.63) is 88.8 Å². The van der Waals surface area contributed by atoms with Crippen LogP contribution in [0.5, 0.6) is 5.75 Å². The van der Waals surface area contributed by atoms with Crippen LogP contribution in [-0.4, -0.2) is 30.1 Å². The summed E-state index contributed by atoms with van der Waals surface area (Å²) < 4.78 is 16.2. The largest absolute Gasteiger partial charge is 0.445 e. The van der Waals surface area contributed by atoms with Crippen molar-refractivity contribution in [2.45, 2.75) is 19.1 Å². The Morgan fingerprint density at radius 3 is 2.47 bits per heavy atom. The van der Waals surface area contributed by atoms with Gasteiger partial charge in [-0.15, -0.1) is 0 Å². The Balaban J connectivity index is 1.47. The number of esters is 1. The molecule has 0 aliphatic rings.